The zero-order chi connectivity index (χ0) is 13.7. The van der Waals surface area contributed by atoms with Gasteiger partial charge in [-0.15, -0.1) is 0 Å². The number of hydrogen-bond acceptors (Lipinski definition) is 4. The van der Waals surface area contributed by atoms with Gasteiger partial charge in [0.15, 0.2) is 0 Å². The van der Waals surface area contributed by atoms with E-state index in [0.29, 0.717) is 26.1 Å². The Labute approximate surface area is 113 Å². The largest absolute Gasteiger partial charge is 0.492 e. The molecule has 1 aliphatic rings. The van der Waals surface area contributed by atoms with E-state index < -0.39 is 6.10 Å². The fraction of sp³-hybridized carbons (Fsp3) is 0.500. The number of nitrogens with zero attached hydrogens (tertiary/aromatic N) is 1. The van der Waals surface area contributed by atoms with E-state index in [1.165, 1.54) is 0 Å². The van der Waals surface area contributed by atoms with E-state index in [1.54, 1.807) is 11.9 Å². The standard InChI is InChI=1S/C14H20N2O3/c1-16(14(18)13-9-11(17)10-15-13)7-8-19-12-5-3-2-4-6-12/h2-6,11,13,15,17H,7-10H2,1H3. The maximum Gasteiger partial charge on any atom is 0.239 e. The van der Waals surface area contributed by atoms with Crippen LogP contribution in [0.1, 0.15) is 6.42 Å². The molecule has 0 radical (unpaired) electrons. The molecule has 2 rings (SSSR count). The Balaban J connectivity index is 1.72. The summed E-state index contributed by atoms with van der Waals surface area (Å²) in [6.45, 7) is 1.48. The van der Waals surface area contributed by atoms with Gasteiger partial charge in [0.2, 0.25) is 5.91 Å². The molecule has 2 unspecified atom stereocenters. The van der Waals surface area contributed by atoms with Gasteiger partial charge >= 0.3 is 0 Å². The number of amides is 1. The predicted molar refractivity (Wildman–Crippen MR) is 72.0 cm³/mol. The predicted octanol–water partition coefficient (Wildman–Crippen LogP) is 0.247. The van der Waals surface area contributed by atoms with E-state index in [2.05, 4.69) is 5.32 Å². The summed E-state index contributed by atoms with van der Waals surface area (Å²) < 4.78 is 5.55. The van der Waals surface area contributed by atoms with E-state index in [-0.39, 0.29) is 11.9 Å². The van der Waals surface area contributed by atoms with Gasteiger partial charge in [0.25, 0.3) is 0 Å². The number of rotatable bonds is 5. The van der Waals surface area contributed by atoms with Crippen LogP contribution in [0.4, 0.5) is 0 Å². The van der Waals surface area contributed by atoms with Crippen molar-refractivity contribution in [1.82, 2.24) is 10.2 Å². The topological polar surface area (TPSA) is 61.8 Å². The van der Waals surface area contributed by atoms with Gasteiger partial charge in [-0.3, -0.25) is 4.79 Å². The van der Waals surface area contributed by atoms with Crippen molar-refractivity contribution in [2.24, 2.45) is 0 Å². The molecule has 0 bridgehead atoms. The Morgan fingerprint density at radius 3 is 2.84 bits per heavy atom. The zero-order valence-electron chi connectivity index (χ0n) is 11.1. The quantitative estimate of drug-likeness (QED) is 0.800. The molecule has 1 aromatic carbocycles. The number of carbonyl (C=O) groups excluding carboxylic acids is 1. The molecule has 5 nitrogen and oxygen atoms in total. The molecule has 2 N–H and O–H groups in total. The molecule has 0 saturated carbocycles. The van der Waals surface area contributed by atoms with Crippen molar-refractivity contribution in [2.75, 3.05) is 26.7 Å². The Hall–Kier alpha value is -1.59. The number of carbonyl (C=O) groups is 1. The van der Waals surface area contributed by atoms with Crippen LogP contribution < -0.4 is 10.1 Å². The van der Waals surface area contributed by atoms with Crippen molar-refractivity contribution in [1.29, 1.82) is 0 Å². The molecular formula is C14H20N2O3. The van der Waals surface area contributed by atoms with Crippen LogP contribution in [0.3, 0.4) is 0 Å². The first-order valence-corrected chi connectivity index (χ1v) is 6.51. The molecule has 1 fully saturated rings. The Kier molecular flexibility index (Phi) is 4.76. The summed E-state index contributed by atoms with van der Waals surface area (Å²) in [6.07, 6.45) is 0.0748. The lowest BCUT2D eigenvalue weighted by Crippen LogP contribution is -2.43. The molecule has 1 heterocycles. The Morgan fingerprint density at radius 1 is 1.47 bits per heavy atom. The van der Waals surface area contributed by atoms with Crippen molar-refractivity contribution in [3.05, 3.63) is 30.3 Å². The summed E-state index contributed by atoms with van der Waals surface area (Å²) >= 11 is 0. The Bertz CT molecular complexity index is 410. The number of aliphatic hydroxyl groups excluding tert-OH is 1. The third-order valence-corrected chi connectivity index (χ3v) is 3.22. The van der Waals surface area contributed by atoms with E-state index in [0.717, 1.165) is 5.75 Å². The number of benzene rings is 1. The number of nitrogens with one attached hydrogen (secondary N) is 1. The van der Waals surface area contributed by atoms with Gasteiger partial charge in [-0.05, 0) is 18.6 Å². The van der Waals surface area contributed by atoms with Crippen molar-refractivity contribution in [3.63, 3.8) is 0 Å². The van der Waals surface area contributed by atoms with Crippen LogP contribution in [0, 0.1) is 0 Å². The van der Waals surface area contributed by atoms with E-state index in [1.807, 2.05) is 30.3 Å². The van der Waals surface area contributed by atoms with Gasteiger partial charge < -0.3 is 20.1 Å². The number of hydrogen-bond donors (Lipinski definition) is 2. The number of aliphatic hydroxyl groups is 1. The molecule has 5 heteroatoms. The summed E-state index contributed by atoms with van der Waals surface area (Å²) in [7, 11) is 1.75. The smallest absolute Gasteiger partial charge is 0.239 e. The van der Waals surface area contributed by atoms with Crippen molar-refractivity contribution < 1.29 is 14.6 Å². The Morgan fingerprint density at radius 2 is 2.21 bits per heavy atom. The number of ether oxygens (including phenoxy) is 1. The maximum absolute atomic E-state index is 12.0. The molecular weight excluding hydrogens is 244 g/mol. The first kappa shape index (κ1) is 13.8. The highest BCUT2D eigenvalue weighted by atomic mass is 16.5. The molecule has 1 aromatic rings. The van der Waals surface area contributed by atoms with Crippen LogP contribution in [-0.2, 0) is 4.79 Å². The van der Waals surface area contributed by atoms with Gasteiger partial charge in [-0.25, -0.2) is 0 Å². The van der Waals surface area contributed by atoms with Crippen molar-refractivity contribution in [3.8, 4) is 5.75 Å². The number of likely N-dealkylation sites (N-methyl/N-ethyl adjacent to an activating group) is 1. The van der Waals surface area contributed by atoms with Crippen molar-refractivity contribution >= 4 is 5.91 Å². The summed E-state index contributed by atoms with van der Waals surface area (Å²) in [5.74, 6) is 0.811. The average molecular weight is 264 g/mol. The van der Waals surface area contributed by atoms with Crippen LogP contribution in [-0.4, -0.2) is 54.8 Å². The minimum absolute atomic E-state index is 0.00760. The van der Waals surface area contributed by atoms with Gasteiger partial charge in [0, 0.05) is 13.6 Å². The monoisotopic (exact) mass is 264 g/mol. The highest BCUT2D eigenvalue weighted by Gasteiger charge is 2.29. The van der Waals surface area contributed by atoms with E-state index >= 15 is 0 Å². The van der Waals surface area contributed by atoms with Crippen LogP contribution in [0.25, 0.3) is 0 Å². The molecule has 1 saturated heterocycles. The normalized spacial score (nSPS) is 22.2. The summed E-state index contributed by atoms with van der Waals surface area (Å²) in [4.78, 5) is 13.7. The molecule has 19 heavy (non-hydrogen) atoms. The highest BCUT2D eigenvalue weighted by Crippen LogP contribution is 2.10. The maximum atomic E-state index is 12.0. The lowest BCUT2D eigenvalue weighted by molar-refractivity contribution is -0.132. The second-order valence-electron chi connectivity index (χ2n) is 4.77. The SMILES string of the molecule is CN(CCOc1ccccc1)C(=O)C1CC(O)CN1. The number of β-amino-alcohol motifs (C(OH)–C–C–N with tert-alkyl or cyclic N) is 1. The first-order valence-electron chi connectivity index (χ1n) is 6.51. The average Bonchev–Trinajstić information content (AvgIpc) is 2.85. The summed E-state index contributed by atoms with van der Waals surface area (Å²) in [6, 6.07) is 9.26. The fourth-order valence-corrected chi connectivity index (χ4v) is 2.10. The number of para-hydroxylation sites is 1. The van der Waals surface area contributed by atoms with Crippen molar-refractivity contribution in [2.45, 2.75) is 18.6 Å². The van der Waals surface area contributed by atoms with Gasteiger partial charge in [-0.2, -0.15) is 0 Å². The van der Waals surface area contributed by atoms with Crippen LogP contribution in [0.5, 0.6) is 5.75 Å². The van der Waals surface area contributed by atoms with E-state index in [9.17, 15) is 9.90 Å². The van der Waals surface area contributed by atoms with Gasteiger partial charge in [-0.1, -0.05) is 18.2 Å². The lowest BCUT2D eigenvalue weighted by atomic mass is 10.2. The molecule has 2 atom stereocenters. The van der Waals surface area contributed by atoms with Gasteiger partial charge in [0.05, 0.1) is 18.7 Å². The third kappa shape index (κ3) is 3.94. The molecule has 1 amide bonds. The van der Waals surface area contributed by atoms with Crippen LogP contribution >= 0.6 is 0 Å². The zero-order valence-corrected chi connectivity index (χ0v) is 11.1. The minimum atomic E-state index is -0.414. The molecule has 1 aliphatic heterocycles. The second-order valence-corrected chi connectivity index (χ2v) is 4.77. The second kappa shape index (κ2) is 6.54. The first-order chi connectivity index (χ1) is 9.16. The van der Waals surface area contributed by atoms with Crippen LogP contribution in [0.15, 0.2) is 30.3 Å². The minimum Gasteiger partial charge on any atom is -0.492 e. The lowest BCUT2D eigenvalue weighted by Gasteiger charge is -2.21. The van der Waals surface area contributed by atoms with E-state index in [4.69, 9.17) is 4.74 Å². The molecule has 0 aliphatic carbocycles. The third-order valence-electron chi connectivity index (χ3n) is 3.22. The molecule has 104 valence electrons. The van der Waals surface area contributed by atoms with Gasteiger partial charge in [0.1, 0.15) is 12.4 Å². The summed E-state index contributed by atoms with van der Waals surface area (Å²) in [5, 5.41) is 12.4. The molecule has 0 aromatic heterocycles. The highest BCUT2D eigenvalue weighted by molar-refractivity contribution is 5.82. The molecule has 0 spiro atoms. The summed E-state index contributed by atoms with van der Waals surface area (Å²) in [5.41, 5.74) is 0. The fourth-order valence-electron chi connectivity index (χ4n) is 2.10. The van der Waals surface area contributed by atoms with Crippen LogP contribution in [0.2, 0.25) is 0 Å².